The quantitative estimate of drug-likeness (QED) is 0.641. The number of halogens is 2. The summed E-state index contributed by atoms with van der Waals surface area (Å²) in [5.74, 6) is 3.73. The SMILES string of the molecule is NOc1cc(F)c(Br)cc1[N+](=O)[O-]. The summed E-state index contributed by atoms with van der Waals surface area (Å²) >= 11 is 2.80. The van der Waals surface area contributed by atoms with Crippen LogP contribution in [0.25, 0.3) is 0 Å². The monoisotopic (exact) mass is 250 g/mol. The van der Waals surface area contributed by atoms with Crippen LogP contribution in [0.3, 0.4) is 0 Å². The Hall–Kier alpha value is -1.21. The summed E-state index contributed by atoms with van der Waals surface area (Å²) in [5, 5.41) is 10.4. The highest BCUT2D eigenvalue weighted by Crippen LogP contribution is 2.31. The fourth-order valence-electron chi connectivity index (χ4n) is 0.755. The number of rotatable bonds is 2. The zero-order valence-corrected chi connectivity index (χ0v) is 7.75. The van der Waals surface area contributed by atoms with E-state index in [4.69, 9.17) is 5.90 Å². The lowest BCUT2D eigenvalue weighted by molar-refractivity contribution is -0.386. The first kappa shape index (κ1) is 9.87. The number of hydrogen-bond donors (Lipinski definition) is 1. The number of nitro groups is 1. The number of nitro benzene ring substituents is 1. The molecule has 0 aliphatic carbocycles. The Morgan fingerprint density at radius 2 is 2.23 bits per heavy atom. The molecule has 0 aliphatic rings. The minimum Gasteiger partial charge on any atom is -0.404 e. The lowest BCUT2D eigenvalue weighted by atomic mass is 10.3. The van der Waals surface area contributed by atoms with E-state index in [-0.39, 0.29) is 10.2 Å². The van der Waals surface area contributed by atoms with Crippen molar-refractivity contribution in [3.05, 3.63) is 32.5 Å². The van der Waals surface area contributed by atoms with Crippen LogP contribution in [-0.4, -0.2) is 4.92 Å². The van der Waals surface area contributed by atoms with Crippen molar-refractivity contribution in [2.75, 3.05) is 0 Å². The molecule has 0 unspecified atom stereocenters. The van der Waals surface area contributed by atoms with Gasteiger partial charge >= 0.3 is 5.69 Å². The Bertz CT molecular complexity index is 358. The predicted octanol–water partition coefficient (Wildman–Crippen LogP) is 1.75. The van der Waals surface area contributed by atoms with Gasteiger partial charge in [0, 0.05) is 12.1 Å². The van der Waals surface area contributed by atoms with E-state index in [0.717, 1.165) is 12.1 Å². The summed E-state index contributed by atoms with van der Waals surface area (Å²) in [5.41, 5.74) is -0.393. The maximum Gasteiger partial charge on any atom is 0.314 e. The van der Waals surface area contributed by atoms with Gasteiger partial charge in [-0.2, -0.15) is 5.90 Å². The van der Waals surface area contributed by atoms with Crippen molar-refractivity contribution in [2.45, 2.75) is 0 Å². The number of nitrogens with zero attached hydrogens (tertiary/aromatic N) is 1. The third-order valence-corrected chi connectivity index (χ3v) is 1.93. The Kier molecular flexibility index (Phi) is 2.79. The fraction of sp³-hybridized carbons (Fsp3) is 0. The summed E-state index contributed by atoms with van der Waals surface area (Å²) in [6, 6.07) is 1.82. The third-order valence-electron chi connectivity index (χ3n) is 1.33. The lowest BCUT2D eigenvalue weighted by Crippen LogP contribution is -2.05. The molecule has 1 aromatic rings. The average molecular weight is 251 g/mol. The zero-order valence-electron chi connectivity index (χ0n) is 6.16. The summed E-state index contributed by atoms with van der Waals surface area (Å²) in [6.45, 7) is 0. The van der Waals surface area contributed by atoms with E-state index < -0.39 is 16.4 Å². The van der Waals surface area contributed by atoms with Crippen LogP contribution in [-0.2, 0) is 0 Å². The molecule has 0 amide bonds. The highest BCUT2D eigenvalue weighted by molar-refractivity contribution is 9.10. The van der Waals surface area contributed by atoms with Crippen molar-refractivity contribution < 1.29 is 14.2 Å². The molecule has 0 bridgehead atoms. The van der Waals surface area contributed by atoms with Gasteiger partial charge in [0.05, 0.1) is 9.40 Å². The van der Waals surface area contributed by atoms with Crippen molar-refractivity contribution in [1.29, 1.82) is 0 Å². The van der Waals surface area contributed by atoms with Gasteiger partial charge in [-0.25, -0.2) is 4.39 Å². The van der Waals surface area contributed by atoms with E-state index >= 15 is 0 Å². The fourth-order valence-corrected chi connectivity index (χ4v) is 1.09. The van der Waals surface area contributed by atoms with E-state index in [1.54, 1.807) is 0 Å². The highest BCUT2D eigenvalue weighted by atomic mass is 79.9. The molecular formula is C6H4BrFN2O3. The van der Waals surface area contributed by atoms with Crippen molar-refractivity contribution in [1.82, 2.24) is 0 Å². The first-order chi connectivity index (χ1) is 6.06. The Morgan fingerprint density at radius 1 is 1.62 bits per heavy atom. The van der Waals surface area contributed by atoms with Crippen LogP contribution in [0.1, 0.15) is 0 Å². The van der Waals surface area contributed by atoms with Gasteiger partial charge in [0.15, 0.2) is 0 Å². The smallest absolute Gasteiger partial charge is 0.314 e. The van der Waals surface area contributed by atoms with Crippen LogP contribution in [0, 0.1) is 15.9 Å². The van der Waals surface area contributed by atoms with E-state index in [0.29, 0.717) is 0 Å². The summed E-state index contributed by atoms with van der Waals surface area (Å²) in [7, 11) is 0. The molecule has 7 heteroatoms. The number of hydrogen-bond acceptors (Lipinski definition) is 4. The summed E-state index contributed by atoms with van der Waals surface area (Å²) in [4.78, 5) is 13.8. The molecule has 13 heavy (non-hydrogen) atoms. The third kappa shape index (κ3) is 1.93. The maximum atomic E-state index is 12.8. The molecule has 0 aliphatic heterocycles. The van der Waals surface area contributed by atoms with Gasteiger partial charge in [-0.3, -0.25) is 10.1 Å². The molecule has 0 radical (unpaired) electrons. The maximum absolute atomic E-state index is 12.8. The second-order valence-electron chi connectivity index (χ2n) is 2.11. The van der Waals surface area contributed by atoms with Gasteiger partial charge in [-0.1, -0.05) is 0 Å². The van der Waals surface area contributed by atoms with E-state index in [1.807, 2.05) is 0 Å². The van der Waals surface area contributed by atoms with Gasteiger partial charge in [0.1, 0.15) is 5.82 Å². The molecule has 2 N–H and O–H groups in total. The van der Waals surface area contributed by atoms with Crippen molar-refractivity contribution in [2.24, 2.45) is 5.90 Å². The van der Waals surface area contributed by atoms with Gasteiger partial charge in [-0.15, -0.1) is 0 Å². The molecule has 0 heterocycles. The second-order valence-corrected chi connectivity index (χ2v) is 2.96. The number of nitrogens with two attached hydrogens (primary N) is 1. The molecular weight excluding hydrogens is 247 g/mol. The first-order valence-electron chi connectivity index (χ1n) is 3.06. The van der Waals surface area contributed by atoms with Crippen LogP contribution in [0.2, 0.25) is 0 Å². The van der Waals surface area contributed by atoms with Gasteiger partial charge in [0.2, 0.25) is 5.75 Å². The van der Waals surface area contributed by atoms with Crippen molar-refractivity contribution in [3.8, 4) is 5.75 Å². The van der Waals surface area contributed by atoms with Crippen LogP contribution in [0.4, 0.5) is 10.1 Å². The summed E-state index contributed by atoms with van der Waals surface area (Å²) in [6.07, 6.45) is 0. The molecule has 0 saturated heterocycles. The van der Waals surface area contributed by atoms with Gasteiger partial charge in [-0.05, 0) is 15.9 Å². The molecule has 0 aromatic heterocycles. The normalized spacial score (nSPS) is 9.77. The van der Waals surface area contributed by atoms with E-state index in [1.165, 1.54) is 0 Å². The minimum atomic E-state index is -0.716. The average Bonchev–Trinajstić information content (AvgIpc) is 2.08. The molecule has 0 fully saturated rings. The Labute approximate surface area is 80.5 Å². The van der Waals surface area contributed by atoms with Crippen LogP contribution < -0.4 is 10.7 Å². The van der Waals surface area contributed by atoms with Crippen molar-refractivity contribution in [3.63, 3.8) is 0 Å². The highest BCUT2D eigenvalue weighted by Gasteiger charge is 2.18. The lowest BCUT2D eigenvalue weighted by Gasteiger charge is -2.01. The molecule has 5 nitrogen and oxygen atoms in total. The molecule has 0 spiro atoms. The summed E-state index contributed by atoms with van der Waals surface area (Å²) < 4.78 is 12.8. The van der Waals surface area contributed by atoms with E-state index in [2.05, 4.69) is 20.8 Å². The molecule has 70 valence electrons. The first-order valence-corrected chi connectivity index (χ1v) is 3.85. The minimum absolute atomic E-state index is 0.0139. The molecule has 0 atom stereocenters. The molecule has 1 rings (SSSR count). The molecule has 0 saturated carbocycles. The standard InChI is InChI=1S/C6H4BrFN2O3/c7-3-1-5(10(11)12)6(13-9)2-4(3)8/h1-2H,9H2. The second kappa shape index (κ2) is 3.67. The van der Waals surface area contributed by atoms with Crippen LogP contribution >= 0.6 is 15.9 Å². The van der Waals surface area contributed by atoms with E-state index in [9.17, 15) is 14.5 Å². The zero-order chi connectivity index (χ0) is 10.0. The van der Waals surface area contributed by atoms with Gasteiger partial charge in [0.25, 0.3) is 0 Å². The number of benzene rings is 1. The topological polar surface area (TPSA) is 78.4 Å². The van der Waals surface area contributed by atoms with Gasteiger partial charge < -0.3 is 4.84 Å². The van der Waals surface area contributed by atoms with Crippen LogP contribution in [0.15, 0.2) is 16.6 Å². The van der Waals surface area contributed by atoms with Crippen LogP contribution in [0.5, 0.6) is 5.75 Å². The molecule has 1 aromatic carbocycles. The van der Waals surface area contributed by atoms with Crippen molar-refractivity contribution >= 4 is 21.6 Å². The predicted molar refractivity (Wildman–Crippen MR) is 45.6 cm³/mol. The Balaban J connectivity index is 3.33. The Morgan fingerprint density at radius 3 is 2.69 bits per heavy atom. The largest absolute Gasteiger partial charge is 0.404 e.